The topological polar surface area (TPSA) is 90.0 Å². The van der Waals surface area contributed by atoms with Crippen LogP contribution in [0.3, 0.4) is 0 Å². The van der Waals surface area contributed by atoms with Crippen molar-refractivity contribution in [3.63, 3.8) is 0 Å². The summed E-state index contributed by atoms with van der Waals surface area (Å²) in [6, 6.07) is 10.1. The molecule has 34 heavy (non-hydrogen) atoms. The smallest absolute Gasteiger partial charge is 0.276 e. The van der Waals surface area contributed by atoms with Crippen molar-refractivity contribution in [1.82, 2.24) is 25.1 Å². The maximum absolute atomic E-state index is 13.0. The molecular weight excluding hydrogens is 426 g/mol. The zero-order chi connectivity index (χ0) is 23.5. The molecule has 0 aliphatic carbocycles. The number of nitrogens with zero attached hydrogens (tertiary/aromatic N) is 5. The summed E-state index contributed by atoms with van der Waals surface area (Å²) >= 11 is 0. The van der Waals surface area contributed by atoms with Crippen molar-refractivity contribution >= 4 is 28.2 Å². The molecule has 1 saturated heterocycles. The Labute approximate surface area is 199 Å². The Morgan fingerprint density at radius 3 is 2.65 bits per heavy atom. The highest BCUT2D eigenvalue weighted by Crippen LogP contribution is 2.27. The molecule has 8 nitrogen and oxygen atoms in total. The maximum Gasteiger partial charge on any atom is 0.276 e. The number of hydrogen-bond acceptors (Lipinski definition) is 6. The van der Waals surface area contributed by atoms with E-state index in [1.54, 1.807) is 12.4 Å². The number of pyridine rings is 2. The van der Waals surface area contributed by atoms with Gasteiger partial charge in [0, 0.05) is 44.0 Å². The molecule has 174 valence electrons. The van der Waals surface area contributed by atoms with Gasteiger partial charge in [-0.05, 0) is 61.3 Å². The fourth-order valence-electron chi connectivity index (χ4n) is 4.41. The average molecular weight is 456 g/mol. The number of aromatic nitrogens is 4. The number of H-pyrrole nitrogens is 1. The Balaban J connectivity index is 1.39. The van der Waals surface area contributed by atoms with Gasteiger partial charge in [0.2, 0.25) is 0 Å². The Morgan fingerprint density at radius 1 is 1.00 bits per heavy atom. The highest BCUT2D eigenvalue weighted by Gasteiger charge is 2.16. The fourth-order valence-corrected chi connectivity index (χ4v) is 4.41. The molecule has 8 heteroatoms. The normalized spacial score (nSPS) is 14.3. The number of anilines is 2. The van der Waals surface area contributed by atoms with Gasteiger partial charge >= 0.3 is 0 Å². The first-order chi connectivity index (χ1) is 16.6. The molecule has 0 unspecified atom stereocenters. The molecule has 1 fully saturated rings. The molecule has 1 aromatic carbocycles. The average Bonchev–Trinajstić information content (AvgIpc) is 3.28. The number of piperidine rings is 1. The van der Waals surface area contributed by atoms with Gasteiger partial charge in [-0.2, -0.15) is 5.10 Å². The minimum Gasteiger partial charge on any atom is -0.376 e. The second-order valence-corrected chi connectivity index (χ2v) is 9.03. The maximum atomic E-state index is 13.0. The van der Waals surface area contributed by atoms with E-state index in [0.29, 0.717) is 11.4 Å². The predicted molar refractivity (Wildman–Crippen MR) is 135 cm³/mol. The fraction of sp³-hybridized carbons (Fsp3) is 0.308. The lowest BCUT2D eigenvalue weighted by molar-refractivity contribution is 0.102. The second kappa shape index (κ2) is 9.61. The van der Waals surface area contributed by atoms with E-state index in [9.17, 15) is 4.79 Å². The van der Waals surface area contributed by atoms with Gasteiger partial charge in [0.15, 0.2) is 5.69 Å². The number of aromatic amines is 1. The molecule has 0 bridgehead atoms. The standard InChI is InChI=1S/C26H29N7O/c1-32(2)22-12-21(15-28-16-22)29-26(34)25-23-11-19(6-7-24(23)30-31-25)20-10-18(13-27-14-20)17-33-8-4-3-5-9-33/h6-7,10-16H,3-5,8-9,17H2,1-2H3,(H,29,34)(H,30,31). The van der Waals surface area contributed by atoms with E-state index in [2.05, 4.69) is 36.4 Å². The lowest BCUT2D eigenvalue weighted by Gasteiger charge is -2.26. The van der Waals surface area contributed by atoms with E-state index in [4.69, 9.17) is 0 Å². The van der Waals surface area contributed by atoms with Crippen molar-refractivity contribution in [2.75, 3.05) is 37.4 Å². The first-order valence-electron chi connectivity index (χ1n) is 11.7. The molecule has 2 N–H and O–H groups in total. The van der Waals surface area contributed by atoms with Crippen LogP contribution in [0.1, 0.15) is 35.3 Å². The minimum absolute atomic E-state index is 0.280. The summed E-state index contributed by atoms with van der Waals surface area (Å²) in [6.07, 6.45) is 11.1. The van der Waals surface area contributed by atoms with Crippen LogP contribution in [0.25, 0.3) is 22.0 Å². The molecule has 5 rings (SSSR count). The van der Waals surface area contributed by atoms with Crippen molar-refractivity contribution in [2.24, 2.45) is 0 Å². The van der Waals surface area contributed by atoms with E-state index >= 15 is 0 Å². The van der Waals surface area contributed by atoms with Crippen LogP contribution in [0.5, 0.6) is 0 Å². The van der Waals surface area contributed by atoms with Crippen LogP contribution in [-0.2, 0) is 6.54 Å². The summed E-state index contributed by atoms with van der Waals surface area (Å²) in [6.45, 7) is 3.22. The van der Waals surface area contributed by atoms with Crippen molar-refractivity contribution in [3.8, 4) is 11.1 Å². The first kappa shape index (κ1) is 22.0. The number of hydrogen-bond donors (Lipinski definition) is 2. The van der Waals surface area contributed by atoms with Gasteiger partial charge in [0.25, 0.3) is 5.91 Å². The number of benzene rings is 1. The molecular formula is C26H29N7O. The molecule has 0 radical (unpaired) electrons. The van der Waals surface area contributed by atoms with Crippen LogP contribution in [0, 0.1) is 0 Å². The molecule has 0 spiro atoms. The van der Waals surface area contributed by atoms with Gasteiger partial charge < -0.3 is 10.2 Å². The van der Waals surface area contributed by atoms with E-state index in [-0.39, 0.29) is 5.91 Å². The number of amides is 1. The predicted octanol–water partition coefficient (Wildman–Crippen LogP) is 4.32. The van der Waals surface area contributed by atoms with Crippen molar-refractivity contribution in [3.05, 3.63) is 66.4 Å². The molecule has 0 atom stereocenters. The van der Waals surface area contributed by atoms with Gasteiger partial charge in [-0.3, -0.25) is 24.8 Å². The molecule has 4 aromatic rings. The summed E-state index contributed by atoms with van der Waals surface area (Å²) < 4.78 is 0. The first-order valence-corrected chi connectivity index (χ1v) is 11.7. The number of likely N-dealkylation sites (tertiary alicyclic amines) is 1. The zero-order valence-electron chi connectivity index (χ0n) is 19.6. The summed E-state index contributed by atoms with van der Waals surface area (Å²) in [7, 11) is 3.86. The van der Waals surface area contributed by atoms with E-state index < -0.39 is 0 Å². The monoisotopic (exact) mass is 455 g/mol. The number of rotatable bonds is 6. The van der Waals surface area contributed by atoms with Gasteiger partial charge in [-0.15, -0.1) is 0 Å². The van der Waals surface area contributed by atoms with Gasteiger partial charge in [0.1, 0.15) is 0 Å². The van der Waals surface area contributed by atoms with Crippen LogP contribution in [-0.4, -0.2) is 58.2 Å². The highest BCUT2D eigenvalue weighted by molar-refractivity contribution is 6.11. The third-order valence-electron chi connectivity index (χ3n) is 6.26. The van der Waals surface area contributed by atoms with Crippen molar-refractivity contribution in [1.29, 1.82) is 0 Å². The van der Waals surface area contributed by atoms with E-state index in [1.807, 2.05) is 55.7 Å². The summed E-state index contributed by atoms with van der Waals surface area (Å²) in [5.74, 6) is -0.280. The summed E-state index contributed by atoms with van der Waals surface area (Å²) in [4.78, 5) is 26.2. The number of carbonyl (C=O) groups is 1. The largest absolute Gasteiger partial charge is 0.376 e. The van der Waals surface area contributed by atoms with Crippen LogP contribution in [0.4, 0.5) is 11.4 Å². The van der Waals surface area contributed by atoms with Crippen LogP contribution in [0.15, 0.2) is 55.1 Å². The SMILES string of the molecule is CN(C)c1cncc(NC(=O)c2n[nH]c3ccc(-c4cncc(CN5CCCCC5)c4)cc23)c1. The van der Waals surface area contributed by atoms with Crippen LogP contribution >= 0.6 is 0 Å². The third kappa shape index (κ3) is 4.77. The number of nitrogens with one attached hydrogen (secondary N) is 2. The lowest BCUT2D eigenvalue weighted by Crippen LogP contribution is -2.29. The van der Waals surface area contributed by atoms with E-state index in [1.165, 1.54) is 24.8 Å². The zero-order valence-corrected chi connectivity index (χ0v) is 19.6. The Hall–Kier alpha value is -3.78. The van der Waals surface area contributed by atoms with Crippen molar-refractivity contribution < 1.29 is 4.79 Å². The van der Waals surface area contributed by atoms with Gasteiger partial charge in [-0.1, -0.05) is 12.5 Å². The Bertz CT molecular complexity index is 1310. The quantitative estimate of drug-likeness (QED) is 0.450. The molecule has 3 aromatic heterocycles. The molecule has 4 heterocycles. The van der Waals surface area contributed by atoms with Gasteiger partial charge in [0.05, 0.1) is 29.3 Å². The minimum atomic E-state index is -0.280. The van der Waals surface area contributed by atoms with E-state index in [0.717, 1.165) is 47.4 Å². The number of fused-ring (bicyclic) bond motifs is 1. The summed E-state index contributed by atoms with van der Waals surface area (Å²) in [5.41, 5.74) is 5.94. The molecule has 0 saturated carbocycles. The Kier molecular flexibility index (Phi) is 6.22. The lowest BCUT2D eigenvalue weighted by atomic mass is 10.0. The molecule has 1 aliphatic heterocycles. The Morgan fingerprint density at radius 2 is 1.82 bits per heavy atom. The van der Waals surface area contributed by atoms with Crippen LogP contribution in [0.2, 0.25) is 0 Å². The molecule has 1 aliphatic rings. The van der Waals surface area contributed by atoms with Gasteiger partial charge in [-0.25, -0.2) is 0 Å². The van der Waals surface area contributed by atoms with Crippen molar-refractivity contribution in [2.45, 2.75) is 25.8 Å². The third-order valence-corrected chi connectivity index (χ3v) is 6.26. The second-order valence-electron chi connectivity index (χ2n) is 9.03. The van der Waals surface area contributed by atoms with Crippen LogP contribution < -0.4 is 10.2 Å². The number of carbonyl (C=O) groups excluding carboxylic acids is 1. The highest BCUT2D eigenvalue weighted by atomic mass is 16.1. The summed E-state index contributed by atoms with van der Waals surface area (Å²) in [5, 5.41) is 10.9. The molecule has 1 amide bonds.